The van der Waals surface area contributed by atoms with E-state index < -0.39 is 28.2 Å². The molecule has 0 spiro atoms. The minimum Gasteiger partial charge on any atom is -0.479 e. The highest BCUT2D eigenvalue weighted by molar-refractivity contribution is 7.92. The number of carboxylic acids is 1. The number of benzene rings is 1. The molecule has 1 heterocycles. The number of rotatable bonds is 4. The van der Waals surface area contributed by atoms with Crippen molar-refractivity contribution in [2.24, 2.45) is 0 Å². The van der Waals surface area contributed by atoms with Gasteiger partial charge in [0.2, 0.25) is 10.0 Å². The van der Waals surface area contributed by atoms with Crippen LogP contribution in [0.15, 0.2) is 24.3 Å². The van der Waals surface area contributed by atoms with E-state index in [1.54, 1.807) is 12.1 Å². The minimum atomic E-state index is -3.42. The number of hydrogen-bond acceptors (Lipinski definition) is 4. The van der Waals surface area contributed by atoms with Gasteiger partial charge in [-0.1, -0.05) is 18.2 Å². The average Bonchev–Trinajstić information content (AvgIpc) is 2.36. The summed E-state index contributed by atoms with van der Waals surface area (Å²) in [7, 11) is -3.42. The lowest BCUT2D eigenvalue weighted by atomic mass is 10.0. The Morgan fingerprint density at radius 1 is 1.45 bits per heavy atom. The molecule has 1 unspecified atom stereocenters. The van der Waals surface area contributed by atoms with E-state index in [9.17, 15) is 13.2 Å². The highest BCUT2D eigenvalue weighted by Crippen LogP contribution is 2.30. The van der Waals surface area contributed by atoms with Crippen LogP contribution in [0.3, 0.4) is 0 Å². The monoisotopic (exact) mass is 299 g/mol. The van der Waals surface area contributed by atoms with Crippen molar-refractivity contribution in [1.29, 1.82) is 0 Å². The summed E-state index contributed by atoms with van der Waals surface area (Å²) in [6.45, 7) is 1.57. The maximum absolute atomic E-state index is 11.9. The molecule has 20 heavy (non-hydrogen) atoms. The summed E-state index contributed by atoms with van der Waals surface area (Å²) in [6.07, 6.45) is 0.199. The molecule has 1 aliphatic rings. The number of nitrogens with zero attached hydrogens (tertiary/aromatic N) is 1. The van der Waals surface area contributed by atoms with Crippen LogP contribution in [0.4, 0.5) is 5.69 Å². The first kappa shape index (κ1) is 14.8. The first-order valence-corrected chi connectivity index (χ1v) is 8.07. The second-order valence-electron chi connectivity index (χ2n) is 4.87. The van der Waals surface area contributed by atoms with E-state index in [1.165, 1.54) is 11.2 Å². The van der Waals surface area contributed by atoms with Gasteiger partial charge in [0, 0.05) is 6.42 Å². The molecule has 0 saturated carbocycles. The van der Waals surface area contributed by atoms with Gasteiger partial charge in [-0.05, 0) is 18.6 Å². The van der Waals surface area contributed by atoms with Crippen molar-refractivity contribution in [1.82, 2.24) is 0 Å². The van der Waals surface area contributed by atoms with Crippen LogP contribution in [-0.4, -0.2) is 44.5 Å². The SMILES string of the molecule is CC(O[C@@H]1Cc2ccccc2N(S(C)(=O)=O)C1)C(=O)O. The van der Waals surface area contributed by atoms with Crippen molar-refractivity contribution >= 4 is 21.7 Å². The number of para-hydroxylation sites is 1. The summed E-state index contributed by atoms with van der Waals surface area (Å²) in [5.74, 6) is -1.06. The van der Waals surface area contributed by atoms with Gasteiger partial charge in [-0.2, -0.15) is 0 Å². The van der Waals surface area contributed by atoms with E-state index in [4.69, 9.17) is 9.84 Å². The molecule has 0 amide bonds. The Hall–Kier alpha value is -1.60. The molecule has 0 saturated heterocycles. The van der Waals surface area contributed by atoms with Gasteiger partial charge in [-0.3, -0.25) is 4.31 Å². The lowest BCUT2D eigenvalue weighted by molar-refractivity contribution is -0.152. The van der Waals surface area contributed by atoms with Crippen molar-refractivity contribution in [3.05, 3.63) is 29.8 Å². The first-order valence-electron chi connectivity index (χ1n) is 6.23. The molecule has 110 valence electrons. The van der Waals surface area contributed by atoms with E-state index >= 15 is 0 Å². The molecule has 0 aromatic heterocycles. The van der Waals surface area contributed by atoms with Crippen molar-refractivity contribution < 1.29 is 23.1 Å². The molecular weight excluding hydrogens is 282 g/mol. The zero-order valence-electron chi connectivity index (χ0n) is 11.3. The summed E-state index contributed by atoms with van der Waals surface area (Å²) in [6, 6.07) is 7.17. The smallest absolute Gasteiger partial charge is 0.332 e. The van der Waals surface area contributed by atoms with E-state index in [1.807, 2.05) is 12.1 Å². The average molecular weight is 299 g/mol. The fourth-order valence-corrected chi connectivity index (χ4v) is 3.24. The number of carbonyl (C=O) groups is 1. The molecule has 6 nitrogen and oxygen atoms in total. The molecule has 1 aromatic rings. The van der Waals surface area contributed by atoms with Crippen LogP contribution in [0.5, 0.6) is 0 Å². The van der Waals surface area contributed by atoms with Crippen molar-refractivity contribution in [2.75, 3.05) is 17.1 Å². The Balaban J connectivity index is 2.29. The molecule has 1 aromatic carbocycles. The molecule has 0 radical (unpaired) electrons. The second-order valence-corrected chi connectivity index (χ2v) is 6.77. The normalized spacial score (nSPS) is 20.3. The third-order valence-electron chi connectivity index (χ3n) is 3.22. The van der Waals surface area contributed by atoms with Crippen molar-refractivity contribution in [2.45, 2.75) is 25.6 Å². The summed E-state index contributed by atoms with van der Waals surface area (Å²) < 4.78 is 30.4. The second kappa shape index (κ2) is 5.41. The van der Waals surface area contributed by atoms with Crippen LogP contribution < -0.4 is 4.31 Å². The Labute approximate surface area is 118 Å². The third kappa shape index (κ3) is 3.10. The number of anilines is 1. The van der Waals surface area contributed by atoms with Crippen molar-refractivity contribution in [3.8, 4) is 0 Å². The summed E-state index contributed by atoms with van der Waals surface area (Å²) >= 11 is 0. The van der Waals surface area contributed by atoms with Gasteiger partial charge in [0.05, 0.1) is 24.6 Å². The standard InChI is InChI=1S/C13H17NO5S/c1-9(13(15)16)19-11-7-10-5-3-4-6-12(10)14(8-11)20(2,17)18/h3-6,9,11H,7-8H2,1-2H3,(H,15,16)/t9?,11-/m1/s1. The highest BCUT2D eigenvalue weighted by atomic mass is 32.2. The quantitative estimate of drug-likeness (QED) is 0.891. The number of ether oxygens (including phenoxy) is 1. The number of carboxylic acid groups (broad SMARTS) is 1. The number of hydrogen-bond donors (Lipinski definition) is 1. The molecule has 7 heteroatoms. The van der Waals surface area contributed by atoms with Crippen LogP contribution in [0.25, 0.3) is 0 Å². The highest BCUT2D eigenvalue weighted by Gasteiger charge is 2.31. The topological polar surface area (TPSA) is 83.9 Å². The largest absolute Gasteiger partial charge is 0.479 e. The molecule has 1 aliphatic heterocycles. The van der Waals surface area contributed by atoms with E-state index in [-0.39, 0.29) is 6.54 Å². The van der Waals surface area contributed by atoms with Crippen LogP contribution >= 0.6 is 0 Å². The van der Waals surface area contributed by atoms with Gasteiger partial charge in [0.15, 0.2) is 6.10 Å². The Kier molecular flexibility index (Phi) is 4.01. The molecular formula is C13H17NO5S. The van der Waals surface area contributed by atoms with Gasteiger partial charge in [-0.15, -0.1) is 0 Å². The summed E-state index contributed by atoms with van der Waals surface area (Å²) in [5, 5.41) is 8.88. The van der Waals surface area contributed by atoms with E-state index in [2.05, 4.69) is 0 Å². The predicted octanol–water partition coefficient (Wildman–Crippen LogP) is 0.867. The number of fused-ring (bicyclic) bond motifs is 1. The zero-order chi connectivity index (χ0) is 14.9. The maximum atomic E-state index is 11.9. The van der Waals surface area contributed by atoms with Gasteiger partial charge in [-0.25, -0.2) is 13.2 Å². The fraction of sp³-hybridized carbons (Fsp3) is 0.462. The van der Waals surface area contributed by atoms with Gasteiger partial charge in [0.1, 0.15) is 0 Å². The van der Waals surface area contributed by atoms with Gasteiger partial charge in [0.25, 0.3) is 0 Å². The van der Waals surface area contributed by atoms with E-state index in [0.717, 1.165) is 11.8 Å². The summed E-state index contributed by atoms with van der Waals surface area (Å²) in [4.78, 5) is 10.8. The molecule has 0 bridgehead atoms. The summed E-state index contributed by atoms with van der Waals surface area (Å²) in [5.41, 5.74) is 1.48. The van der Waals surface area contributed by atoms with Crippen LogP contribution in [0.1, 0.15) is 12.5 Å². The van der Waals surface area contributed by atoms with E-state index in [0.29, 0.717) is 12.1 Å². The lowest BCUT2D eigenvalue weighted by Crippen LogP contribution is -2.44. The lowest BCUT2D eigenvalue weighted by Gasteiger charge is -2.34. The zero-order valence-corrected chi connectivity index (χ0v) is 12.1. The maximum Gasteiger partial charge on any atom is 0.332 e. The molecule has 2 rings (SSSR count). The number of sulfonamides is 1. The molecule has 2 atom stereocenters. The Morgan fingerprint density at radius 3 is 2.70 bits per heavy atom. The molecule has 0 aliphatic carbocycles. The predicted molar refractivity (Wildman–Crippen MR) is 74.3 cm³/mol. The minimum absolute atomic E-state index is 0.132. The van der Waals surface area contributed by atoms with Crippen molar-refractivity contribution in [3.63, 3.8) is 0 Å². The van der Waals surface area contributed by atoms with Crippen LogP contribution in [0, 0.1) is 0 Å². The molecule has 0 fully saturated rings. The Bertz CT molecular complexity index is 613. The Morgan fingerprint density at radius 2 is 2.10 bits per heavy atom. The van der Waals surface area contributed by atoms with Crippen LogP contribution in [0.2, 0.25) is 0 Å². The number of aliphatic carboxylic acids is 1. The van der Waals surface area contributed by atoms with Crippen LogP contribution in [-0.2, 0) is 26.0 Å². The molecule has 1 N–H and O–H groups in total. The van der Waals surface area contributed by atoms with Gasteiger partial charge >= 0.3 is 5.97 Å². The third-order valence-corrected chi connectivity index (χ3v) is 4.37. The fourth-order valence-electron chi connectivity index (χ4n) is 2.27. The first-order chi connectivity index (χ1) is 9.29. The van der Waals surface area contributed by atoms with Gasteiger partial charge < -0.3 is 9.84 Å².